The van der Waals surface area contributed by atoms with Gasteiger partial charge in [-0.3, -0.25) is 4.79 Å². The lowest BCUT2D eigenvalue weighted by Gasteiger charge is -2.17. The van der Waals surface area contributed by atoms with Crippen molar-refractivity contribution < 1.29 is 41.0 Å². The second kappa shape index (κ2) is 10.2. The SMILES string of the molecule is O=C(COCc1cc(C(F)(F)F)cc(C(F)(F)F)c1)C(CCO)c1ccc(Cl)c(Cl)c1. The number of rotatable bonds is 8. The lowest BCUT2D eigenvalue weighted by molar-refractivity contribution is -0.143. The third kappa shape index (κ3) is 7.10. The van der Waals surface area contributed by atoms with E-state index in [0.29, 0.717) is 17.7 Å². The summed E-state index contributed by atoms with van der Waals surface area (Å²) in [6.07, 6.45) is -9.94. The van der Waals surface area contributed by atoms with Crippen LogP contribution in [0, 0.1) is 0 Å². The van der Waals surface area contributed by atoms with Crippen molar-refractivity contribution in [3.63, 3.8) is 0 Å². The molecular formula is C20H16Cl2F6O3. The number of alkyl halides is 6. The van der Waals surface area contributed by atoms with Crippen LogP contribution >= 0.6 is 23.2 Å². The van der Waals surface area contributed by atoms with Gasteiger partial charge in [-0.2, -0.15) is 26.3 Å². The minimum absolute atomic E-state index is 0.0101. The number of benzene rings is 2. The van der Waals surface area contributed by atoms with Crippen molar-refractivity contribution in [3.8, 4) is 0 Å². The molecule has 2 aromatic rings. The highest BCUT2D eigenvalue weighted by Gasteiger charge is 2.36. The van der Waals surface area contributed by atoms with Crippen molar-refractivity contribution in [1.82, 2.24) is 0 Å². The minimum atomic E-state index is -4.98. The van der Waals surface area contributed by atoms with Gasteiger partial charge in [-0.15, -0.1) is 0 Å². The first-order valence-electron chi connectivity index (χ1n) is 8.77. The molecule has 0 spiro atoms. The molecule has 31 heavy (non-hydrogen) atoms. The van der Waals surface area contributed by atoms with E-state index in [2.05, 4.69) is 0 Å². The lowest BCUT2D eigenvalue weighted by Crippen LogP contribution is -2.20. The average Bonchev–Trinajstić information content (AvgIpc) is 2.66. The van der Waals surface area contributed by atoms with E-state index in [9.17, 15) is 36.2 Å². The Morgan fingerprint density at radius 3 is 2.00 bits per heavy atom. The Labute approximate surface area is 183 Å². The summed E-state index contributed by atoms with van der Waals surface area (Å²) in [6.45, 7) is -1.59. The van der Waals surface area contributed by atoms with Crippen molar-refractivity contribution in [2.75, 3.05) is 13.2 Å². The minimum Gasteiger partial charge on any atom is -0.396 e. The summed E-state index contributed by atoms with van der Waals surface area (Å²) in [5.74, 6) is -1.37. The fraction of sp³-hybridized carbons (Fsp3) is 0.350. The summed E-state index contributed by atoms with van der Waals surface area (Å²) >= 11 is 11.8. The molecule has 0 saturated carbocycles. The van der Waals surface area contributed by atoms with Gasteiger partial charge in [0.25, 0.3) is 0 Å². The molecule has 2 aromatic carbocycles. The quantitative estimate of drug-likeness (QED) is 0.444. The highest BCUT2D eigenvalue weighted by atomic mass is 35.5. The average molecular weight is 489 g/mol. The molecule has 0 aromatic heterocycles. The topological polar surface area (TPSA) is 46.5 Å². The Morgan fingerprint density at radius 1 is 0.935 bits per heavy atom. The number of Topliss-reactive ketones (excluding diaryl/α,β-unsaturated/α-hetero) is 1. The molecule has 0 heterocycles. The first-order chi connectivity index (χ1) is 14.3. The van der Waals surface area contributed by atoms with Gasteiger partial charge in [0.1, 0.15) is 6.61 Å². The molecule has 1 unspecified atom stereocenters. The maximum Gasteiger partial charge on any atom is 0.416 e. The zero-order chi connectivity index (χ0) is 23.4. The summed E-state index contributed by atoms with van der Waals surface area (Å²) in [4.78, 5) is 12.5. The Hall–Kier alpha value is -1.81. The fourth-order valence-corrected chi connectivity index (χ4v) is 3.15. The van der Waals surface area contributed by atoms with E-state index in [1.807, 2.05) is 0 Å². The molecule has 0 aliphatic rings. The number of carbonyl (C=O) groups excluding carboxylic acids is 1. The summed E-state index contributed by atoms with van der Waals surface area (Å²) in [5, 5.41) is 9.65. The van der Waals surface area contributed by atoms with Crippen LogP contribution in [0.1, 0.15) is 34.6 Å². The van der Waals surface area contributed by atoms with Gasteiger partial charge in [-0.05, 0) is 47.9 Å². The number of ether oxygens (including phenoxy) is 1. The number of aliphatic hydroxyl groups is 1. The first kappa shape index (κ1) is 25.5. The van der Waals surface area contributed by atoms with Gasteiger partial charge < -0.3 is 9.84 Å². The van der Waals surface area contributed by atoms with Crippen LogP contribution in [0.3, 0.4) is 0 Å². The molecule has 1 N–H and O–H groups in total. The molecule has 3 nitrogen and oxygen atoms in total. The number of ketones is 1. The molecule has 0 amide bonds. The van der Waals surface area contributed by atoms with Crippen LogP contribution in [0.5, 0.6) is 0 Å². The standard InChI is InChI=1S/C20H16Cl2F6O3/c21-16-2-1-12(7-17(16)22)15(3-4-29)18(30)10-31-9-11-5-13(19(23,24)25)8-14(6-11)20(26,27)28/h1-2,5-8,15,29H,3-4,9-10H2. The van der Waals surface area contributed by atoms with Crippen molar-refractivity contribution in [2.24, 2.45) is 0 Å². The van der Waals surface area contributed by atoms with Gasteiger partial charge >= 0.3 is 12.4 Å². The van der Waals surface area contributed by atoms with Gasteiger partial charge in [-0.1, -0.05) is 29.3 Å². The van der Waals surface area contributed by atoms with Gasteiger partial charge in [0, 0.05) is 12.5 Å². The predicted molar refractivity (Wildman–Crippen MR) is 102 cm³/mol. The third-order valence-electron chi connectivity index (χ3n) is 4.31. The number of halogens is 8. The first-order valence-corrected chi connectivity index (χ1v) is 9.53. The zero-order valence-electron chi connectivity index (χ0n) is 15.7. The van der Waals surface area contributed by atoms with Gasteiger partial charge in [-0.25, -0.2) is 0 Å². The highest BCUT2D eigenvalue weighted by molar-refractivity contribution is 6.42. The smallest absolute Gasteiger partial charge is 0.396 e. The fourth-order valence-electron chi connectivity index (χ4n) is 2.84. The molecule has 0 saturated heterocycles. The van der Waals surface area contributed by atoms with Crippen molar-refractivity contribution in [1.29, 1.82) is 0 Å². The molecule has 0 radical (unpaired) electrons. The van der Waals surface area contributed by atoms with Crippen LogP contribution in [0.15, 0.2) is 36.4 Å². The van der Waals surface area contributed by atoms with E-state index < -0.39 is 48.4 Å². The summed E-state index contributed by atoms with van der Waals surface area (Å²) < 4.78 is 82.6. The molecule has 0 fully saturated rings. The Balaban J connectivity index is 2.15. The molecule has 0 aliphatic heterocycles. The lowest BCUT2D eigenvalue weighted by atomic mass is 9.92. The van der Waals surface area contributed by atoms with Gasteiger partial charge in [0.15, 0.2) is 5.78 Å². The van der Waals surface area contributed by atoms with Crippen LogP contribution in [-0.2, 0) is 28.5 Å². The monoisotopic (exact) mass is 488 g/mol. The largest absolute Gasteiger partial charge is 0.416 e. The van der Waals surface area contributed by atoms with Crippen LogP contribution < -0.4 is 0 Å². The molecule has 2 rings (SSSR count). The number of carbonyl (C=O) groups is 1. The summed E-state index contributed by atoms with van der Waals surface area (Å²) in [5.41, 5.74) is -2.89. The van der Waals surface area contributed by atoms with Gasteiger partial charge in [0.05, 0.1) is 27.8 Å². The molecule has 170 valence electrons. The molecule has 0 aliphatic carbocycles. The highest BCUT2D eigenvalue weighted by Crippen LogP contribution is 2.36. The Morgan fingerprint density at radius 2 is 1.52 bits per heavy atom. The number of hydrogen-bond acceptors (Lipinski definition) is 3. The third-order valence-corrected chi connectivity index (χ3v) is 5.05. The van der Waals surface area contributed by atoms with E-state index in [4.69, 9.17) is 27.9 Å². The summed E-state index contributed by atoms with van der Waals surface area (Å²) in [6, 6.07) is 5.49. The second-order valence-electron chi connectivity index (χ2n) is 6.61. The maximum absolute atomic E-state index is 12.9. The Kier molecular flexibility index (Phi) is 8.38. The van der Waals surface area contributed by atoms with Crippen LogP contribution in [0.2, 0.25) is 10.0 Å². The predicted octanol–water partition coefficient (Wildman–Crippen LogP) is 6.28. The number of aliphatic hydroxyl groups excluding tert-OH is 1. The number of hydrogen-bond donors (Lipinski definition) is 1. The molecule has 1 atom stereocenters. The maximum atomic E-state index is 12.9. The van der Waals surface area contributed by atoms with Crippen molar-refractivity contribution in [2.45, 2.75) is 31.3 Å². The van der Waals surface area contributed by atoms with Gasteiger partial charge in [0.2, 0.25) is 0 Å². The summed E-state index contributed by atoms with van der Waals surface area (Å²) in [7, 11) is 0. The van der Waals surface area contributed by atoms with Crippen LogP contribution in [-0.4, -0.2) is 24.1 Å². The van der Waals surface area contributed by atoms with Crippen LogP contribution in [0.4, 0.5) is 26.3 Å². The molecule has 11 heteroatoms. The van der Waals surface area contributed by atoms with E-state index in [1.165, 1.54) is 18.2 Å². The zero-order valence-corrected chi connectivity index (χ0v) is 17.2. The van der Waals surface area contributed by atoms with Crippen molar-refractivity contribution in [3.05, 3.63) is 68.7 Å². The molecule has 0 bridgehead atoms. The second-order valence-corrected chi connectivity index (χ2v) is 7.43. The van der Waals surface area contributed by atoms with Crippen LogP contribution in [0.25, 0.3) is 0 Å². The van der Waals surface area contributed by atoms with E-state index in [0.717, 1.165) is 0 Å². The van der Waals surface area contributed by atoms with E-state index in [-0.39, 0.29) is 34.7 Å². The molecular weight excluding hydrogens is 473 g/mol. The Bertz CT molecular complexity index is 896. The van der Waals surface area contributed by atoms with E-state index in [1.54, 1.807) is 0 Å². The normalized spacial score (nSPS) is 13.3. The van der Waals surface area contributed by atoms with E-state index >= 15 is 0 Å². The van der Waals surface area contributed by atoms with Crippen molar-refractivity contribution >= 4 is 29.0 Å².